The van der Waals surface area contributed by atoms with Crippen LogP contribution in [-0.4, -0.2) is 22.2 Å². The summed E-state index contributed by atoms with van der Waals surface area (Å²) < 4.78 is 0. The van der Waals surface area contributed by atoms with E-state index in [1.165, 1.54) is 6.07 Å². The zero-order valence-corrected chi connectivity index (χ0v) is 10.8. The van der Waals surface area contributed by atoms with Gasteiger partial charge in [0.25, 0.3) is 0 Å². The number of aromatic carboxylic acids is 2. The lowest BCUT2D eigenvalue weighted by Crippen LogP contribution is -2.19. The van der Waals surface area contributed by atoms with Gasteiger partial charge in [-0.25, -0.2) is 9.59 Å². The fraction of sp³-hybridized carbons (Fsp3) is 0. The van der Waals surface area contributed by atoms with Gasteiger partial charge in [-0.3, -0.25) is 0 Å². The summed E-state index contributed by atoms with van der Waals surface area (Å²) in [5, 5.41) is 19.8. The van der Waals surface area contributed by atoms with Crippen molar-refractivity contribution in [1.29, 1.82) is 0 Å². The lowest BCUT2D eigenvalue weighted by atomic mass is 10.1. The molecule has 0 aliphatic carbocycles. The summed E-state index contributed by atoms with van der Waals surface area (Å²) in [4.78, 5) is 22.3. The molecule has 0 heterocycles. The van der Waals surface area contributed by atoms with Gasteiger partial charge in [0, 0.05) is 0 Å². The van der Waals surface area contributed by atoms with Gasteiger partial charge in [-0.1, -0.05) is 51.0 Å². The van der Waals surface area contributed by atoms with Crippen LogP contribution in [0.5, 0.6) is 0 Å². The minimum Gasteiger partial charge on any atom is -0.478 e. The van der Waals surface area contributed by atoms with E-state index in [0.717, 1.165) is 5.30 Å². The van der Waals surface area contributed by atoms with Crippen molar-refractivity contribution in [3.63, 3.8) is 0 Å². The Kier molecular flexibility index (Phi) is 3.93. The number of hydrogen-bond acceptors (Lipinski definition) is 2. The molecule has 96 valence electrons. The highest BCUT2D eigenvalue weighted by molar-refractivity contribution is 7.55. The highest BCUT2D eigenvalue weighted by atomic mass is 31.1. The summed E-state index contributed by atoms with van der Waals surface area (Å²) in [6.07, 6.45) is 0. The van der Waals surface area contributed by atoms with Crippen LogP contribution in [0.2, 0.25) is 0 Å². The average Bonchev–Trinajstić information content (AvgIpc) is 2.39. The van der Waals surface area contributed by atoms with Crippen LogP contribution in [0.4, 0.5) is 0 Å². The molecule has 0 fully saturated rings. The van der Waals surface area contributed by atoms with Crippen molar-refractivity contribution in [2.45, 2.75) is 0 Å². The first-order valence-electron chi connectivity index (χ1n) is 5.51. The number of carboxylic acid groups (broad SMARTS) is 2. The molecule has 2 aromatic rings. The van der Waals surface area contributed by atoms with Gasteiger partial charge < -0.3 is 10.2 Å². The van der Waals surface area contributed by atoms with Crippen molar-refractivity contribution < 1.29 is 19.8 Å². The predicted octanol–water partition coefficient (Wildman–Crippen LogP) is 1.71. The lowest BCUT2D eigenvalue weighted by Gasteiger charge is -2.09. The Labute approximate surface area is 111 Å². The van der Waals surface area contributed by atoms with Gasteiger partial charge in [-0.2, -0.15) is 0 Å². The molecule has 19 heavy (non-hydrogen) atoms. The molecule has 0 amide bonds. The van der Waals surface area contributed by atoms with Gasteiger partial charge in [0.1, 0.15) is 0 Å². The molecule has 1 unspecified atom stereocenters. The number of carbonyl (C=O) groups is 2. The first kappa shape index (κ1) is 13.2. The first-order chi connectivity index (χ1) is 9.09. The monoisotopic (exact) mass is 274 g/mol. The van der Waals surface area contributed by atoms with Crippen LogP contribution in [0.15, 0.2) is 48.5 Å². The molecule has 4 nitrogen and oxygen atoms in total. The summed E-state index contributed by atoms with van der Waals surface area (Å²) in [5.41, 5.74) is -0.300. The molecule has 0 aliphatic rings. The maximum absolute atomic E-state index is 11.3. The molecule has 1 atom stereocenters. The Hall–Kier alpha value is -2.19. The third-order valence-corrected chi connectivity index (χ3v) is 3.87. The summed E-state index contributed by atoms with van der Waals surface area (Å²) in [7, 11) is 0.113. The van der Waals surface area contributed by atoms with Gasteiger partial charge in [-0.15, -0.1) is 0 Å². The Bertz CT molecular complexity index is 623. The number of benzene rings is 2. The van der Waals surface area contributed by atoms with E-state index in [-0.39, 0.29) is 19.7 Å². The van der Waals surface area contributed by atoms with E-state index in [4.69, 9.17) is 5.11 Å². The third kappa shape index (κ3) is 2.98. The van der Waals surface area contributed by atoms with Crippen LogP contribution >= 0.6 is 8.58 Å². The van der Waals surface area contributed by atoms with Crippen molar-refractivity contribution in [2.24, 2.45) is 0 Å². The molecule has 0 spiro atoms. The largest absolute Gasteiger partial charge is 0.478 e. The molecule has 5 heteroatoms. The summed E-state index contributed by atoms with van der Waals surface area (Å²) in [6, 6.07) is 13.9. The number of hydrogen-bond donors (Lipinski definition) is 2. The van der Waals surface area contributed by atoms with Gasteiger partial charge in [0.2, 0.25) is 0 Å². The maximum Gasteiger partial charge on any atom is 0.337 e. The van der Waals surface area contributed by atoms with Crippen LogP contribution in [-0.2, 0) is 0 Å². The van der Waals surface area contributed by atoms with E-state index in [1.54, 1.807) is 12.1 Å². The quantitative estimate of drug-likeness (QED) is 0.832. The van der Waals surface area contributed by atoms with Crippen molar-refractivity contribution in [3.05, 3.63) is 59.7 Å². The zero-order valence-electron chi connectivity index (χ0n) is 9.83. The topological polar surface area (TPSA) is 74.6 Å². The fourth-order valence-corrected chi connectivity index (χ4v) is 2.96. The highest BCUT2D eigenvalue weighted by Gasteiger charge is 2.19. The van der Waals surface area contributed by atoms with Crippen LogP contribution in [0.3, 0.4) is 0 Å². The molecule has 0 radical (unpaired) electrons. The smallest absolute Gasteiger partial charge is 0.337 e. The van der Waals surface area contributed by atoms with Crippen LogP contribution in [0, 0.1) is 0 Å². The summed E-state index contributed by atoms with van der Waals surface area (Å²) >= 11 is 0. The molecule has 0 bridgehead atoms. The molecular formula is C14H11O4P. The fourth-order valence-electron chi connectivity index (χ4n) is 1.74. The van der Waals surface area contributed by atoms with Crippen molar-refractivity contribution in [2.75, 3.05) is 0 Å². The Morgan fingerprint density at radius 3 is 2.11 bits per heavy atom. The summed E-state index contributed by atoms with van der Waals surface area (Å²) in [6.45, 7) is 0. The van der Waals surface area contributed by atoms with E-state index < -0.39 is 11.9 Å². The van der Waals surface area contributed by atoms with Crippen LogP contribution < -0.4 is 10.6 Å². The van der Waals surface area contributed by atoms with E-state index in [2.05, 4.69) is 0 Å². The molecule has 0 aromatic heterocycles. The lowest BCUT2D eigenvalue weighted by molar-refractivity contribution is 0.0652. The normalized spacial score (nSPS) is 10.7. The number of carboxylic acids is 2. The minimum absolute atomic E-state index is 0.113. The van der Waals surface area contributed by atoms with E-state index in [1.807, 2.05) is 30.3 Å². The second kappa shape index (κ2) is 5.63. The molecule has 0 aliphatic heterocycles. The number of rotatable bonds is 4. The van der Waals surface area contributed by atoms with Crippen molar-refractivity contribution >= 4 is 31.1 Å². The first-order valence-corrected chi connectivity index (χ1v) is 6.51. The van der Waals surface area contributed by atoms with Crippen molar-refractivity contribution in [1.82, 2.24) is 0 Å². The minimum atomic E-state index is -1.22. The van der Waals surface area contributed by atoms with Gasteiger partial charge in [0.05, 0.1) is 11.1 Å². The Morgan fingerprint density at radius 1 is 0.842 bits per heavy atom. The molecule has 2 aromatic carbocycles. The van der Waals surface area contributed by atoms with Crippen LogP contribution in [0.25, 0.3) is 0 Å². The Morgan fingerprint density at radius 2 is 1.53 bits per heavy atom. The second-order valence-electron chi connectivity index (χ2n) is 3.83. The Balaban J connectivity index is 2.48. The third-order valence-electron chi connectivity index (χ3n) is 2.56. The maximum atomic E-state index is 11.3. The molecular weight excluding hydrogens is 263 g/mol. The standard InChI is InChI=1S/C14H11O4P/c15-13(16)10-7-4-8-11(12(10)14(17)18)19-9-5-2-1-3-6-9/h1-8,19H,(H,15,16)(H,17,18). The average molecular weight is 274 g/mol. The van der Waals surface area contributed by atoms with E-state index in [0.29, 0.717) is 5.30 Å². The van der Waals surface area contributed by atoms with Crippen molar-refractivity contribution in [3.8, 4) is 0 Å². The molecule has 0 saturated carbocycles. The van der Waals surface area contributed by atoms with Gasteiger partial charge in [0.15, 0.2) is 0 Å². The summed E-state index contributed by atoms with van der Waals surface area (Å²) in [5.74, 6) is -2.44. The molecule has 2 rings (SSSR count). The van der Waals surface area contributed by atoms with Gasteiger partial charge >= 0.3 is 11.9 Å². The predicted molar refractivity (Wildman–Crippen MR) is 74.4 cm³/mol. The molecule has 2 N–H and O–H groups in total. The van der Waals surface area contributed by atoms with Crippen LogP contribution in [0.1, 0.15) is 20.7 Å². The van der Waals surface area contributed by atoms with E-state index >= 15 is 0 Å². The molecule has 0 saturated heterocycles. The highest BCUT2D eigenvalue weighted by Crippen LogP contribution is 2.17. The zero-order chi connectivity index (χ0) is 13.8. The SMILES string of the molecule is O=C(O)c1cccc(Pc2ccccc2)c1C(=O)O. The second-order valence-corrected chi connectivity index (χ2v) is 5.20. The van der Waals surface area contributed by atoms with E-state index in [9.17, 15) is 14.7 Å². The van der Waals surface area contributed by atoms with Gasteiger partial charge in [-0.05, 0) is 16.7 Å².